The number of hydrogen-bond donors (Lipinski definition) is 7. The Hall–Kier alpha value is -3.60. The van der Waals surface area contributed by atoms with Crippen LogP contribution < -0.4 is 22.6 Å². The van der Waals surface area contributed by atoms with Gasteiger partial charge in [0.15, 0.2) is 28.6 Å². The van der Waals surface area contributed by atoms with Crippen LogP contribution >= 0.6 is 15.6 Å². The van der Waals surface area contributed by atoms with Crippen LogP contribution in [0.15, 0.2) is 22.2 Å². The lowest BCUT2D eigenvalue weighted by Gasteiger charge is -2.24. The minimum atomic E-state index is -4.94. The van der Waals surface area contributed by atoms with Gasteiger partial charge in [0.2, 0.25) is 11.9 Å². The molecule has 4 aromatic heterocycles. The van der Waals surface area contributed by atoms with E-state index in [0.717, 1.165) is 10.9 Å². The minimum absolute atomic E-state index is 0.0303. The monoisotopic (exact) mass is 702 g/mol. The number of nitrogen functional groups attached to an aromatic ring is 2. The molecule has 10 atom stereocenters. The maximum atomic E-state index is 13.3. The molecule has 25 heteroatoms. The first-order chi connectivity index (χ1) is 22.2. The van der Waals surface area contributed by atoms with Crippen molar-refractivity contribution in [2.75, 3.05) is 24.7 Å². The minimum Gasteiger partial charge on any atom is -0.386 e. The predicted octanol–water partition coefficient (Wildman–Crippen LogP) is -1.38. The zero-order chi connectivity index (χ0) is 33.4. The standard InChI is InChI=1S/C22H28N10O13P2/c1-7-13-8(42-19(7)31-5-25-10-15(31)27-21(23)29-17(10)34)2-3-40-46(36,37)45-14-9(4-41-47(38,39)44-13)43-20(12(14)33)32-6-26-11-16(32)28-22(24)30-18(11)35/h5-9,12-14,19-20,33H,2-4H2,1H3,(H,36,37)(H,38,39)(H3,23,27,29,34)(H3,24,28,30,35)/t7-,8+,9+,12-,13?,14?,19+,20+/m0/s1. The second-order valence-corrected chi connectivity index (χ2v) is 13.8. The summed E-state index contributed by atoms with van der Waals surface area (Å²) in [7, 11) is -9.87. The van der Waals surface area contributed by atoms with Crippen LogP contribution in [0.2, 0.25) is 0 Å². The van der Waals surface area contributed by atoms with Gasteiger partial charge in [0, 0.05) is 12.3 Å². The molecule has 0 radical (unpaired) electrons. The molecule has 7 rings (SSSR count). The van der Waals surface area contributed by atoms with E-state index in [9.17, 15) is 33.6 Å². The maximum absolute atomic E-state index is 13.3. The summed E-state index contributed by atoms with van der Waals surface area (Å²) in [5.41, 5.74) is 9.92. The normalized spacial score (nSPS) is 36.9. The lowest BCUT2D eigenvalue weighted by Crippen LogP contribution is -2.36. The molecule has 0 aromatic carbocycles. The number of aliphatic hydroxyl groups is 1. The molecule has 0 aliphatic carbocycles. The highest BCUT2D eigenvalue weighted by molar-refractivity contribution is 7.47. The van der Waals surface area contributed by atoms with Crippen molar-refractivity contribution in [3.63, 3.8) is 0 Å². The molecule has 3 fully saturated rings. The number of nitrogens with zero attached hydrogens (tertiary/aromatic N) is 6. The summed E-state index contributed by atoms with van der Waals surface area (Å²) in [5, 5.41) is 11.2. The van der Waals surface area contributed by atoms with Crippen LogP contribution in [0.25, 0.3) is 22.3 Å². The van der Waals surface area contributed by atoms with Crippen molar-refractivity contribution in [3.05, 3.63) is 33.4 Å². The van der Waals surface area contributed by atoms with E-state index in [2.05, 4.69) is 29.9 Å². The van der Waals surface area contributed by atoms with Gasteiger partial charge in [0.1, 0.15) is 30.6 Å². The molecule has 4 aromatic rings. The molecule has 0 spiro atoms. The van der Waals surface area contributed by atoms with Crippen molar-refractivity contribution < 1.29 is 51.6 Å². The Morgan fingerprint density at radius 1 is 0.851 bits per heavy atom. The summed E-state index contributed by atoms with van der Waals surface area (Å²) in [4.78, 5) is 66.7. The molecule has 23 nitrogen and oxygen atoms in total. The molecule has 0 saturated carbocycles. The number of fused-ring (bicyclic) bond motifs is 4. The van der Waals surface area contributed by atoms with Gasteiger partial charge in [-0.3, -0.25) is 46.8 Å². The second kappa shape index (κ2) is 11.5. The van der Waals surface area contributed by atoms with E-state index in [1.54, 1.807) is 6.92 Å². The number of phosphoric acid groups is 2. The number of aromatic nitrogens is 8. The summed E-state index contributed by atoms with van der Waals surface area (Å²) in [6.45, 7) is 0.373. The van der Waals surface area contributed by atoms with Crippen molar-refractivity contribution in [2.24, 2.45) is 5.92 Å². The van der Waals surface area contributed by atoms with Crippen molar-refractivity contribution in [2.45, 2.75) is 56.3 Å². The molecule has 0 bridgehead atoms. The molecule has 254 valence electrons. The molecule has 3 aliphatic heterocycles. The van der Waals surface area contributed by atoms with Crippen LogP contribution in [-0.2, 0) is 36.7 Å². The van der Waals surface area contributed by atoms with Crippen LogP contribution in [0.1, 0.15) is 25.8 Å². The highest BCUT2D eigenvalue weighted by atomic mass is 31.2. The molecule has 7 heterocycles. The first-order valence-corrected chi connectivity index (χ1v) is 17.0. The van der Waals surface area contributed by atoms with Gasteiger partial charge in [-0.1, -0.05) is 6.92 Å². The fourth-order valence-corrected chi connectivity index (χ4v) is 7.89. The van der Waals surface area contributed by atoms with Crippen molar-refractivity contribution in [1.29, 1.82) is 0 Å². The topological polar surface area (TPSA) is 329 Å². The maximum Gasteiger partial charge on any atom is 0.472 e. The summed E-state index contributed by atoms with van der Waals surface area (Å²) >= 11 is 0. The van der Waals surface area contributed by atoms with Gasteiger partial charge in [-0.25, -0.2) is 19.1 Å². The van der Waals surface area contributed by atoms with E-state index >= 15 is 0 Å². The second-order valence-electron chi connectivity index (χ2n) is 11.0. The van der Waals surface area contributed by atoms with Crippen molar-refractivity contribution in [1.82, 2.24) is 39.0 Å². The third-order valence-electron chi connectivity index (χ3n) is 7.98. The van der Waals surface area contributed by atoms with Crippen LogP contribution in [0, 0.1) is 5.92 Å². The number of ether oxygens (including phenoxy) is 2. The third-order valence-corrected chi connectivity index (χ3v) is 9.98. The molecular weight excluding hydrogens is 674 g/mol. The molecule has 9 N–H and O–H groups in total. The third kappa shape index (κ3) is 5.78. The Balaban J connectivity index is 1.17. The summed E-state index contributed by atoms with van der Waals surface area (Å²) in [6.07, 6.45) is -7.18. The molecular formula is C22H28N10O13P2. The van der Waals surface area contributed by atoms with E-state index in [-0.39, 0.29) is 40.6 Å². The molecule has 47 heavy (non-hydrogen) atoms. The quantitative estimate of drug-likeness (QED) is 0.118. The number of nitrogens with two attached hydrogens (primary N) is 2. The summed E-state index contributed by atoms with van der Waals surface area (Å²) in [5.74, 6) is -1.15. The van der Waals surface area contributed by atoms with E-state index in [1.807, 2.05) is 0 Å². The Kier molecular flexibility index (Phi) is 7.84. The number of hydrogen-bond acceptors (Lipinski definition) is 17. The summed E-state index contributed by atoms with van der Waals surface area (Å²) < 4.78 is 62.1. The van der Waals surface area contributed by atoms with Gasteiger partial charge in [-0.2, -0.15) is 9.97 Å². The Labute approximate surface area is 261 Å². The Morgan fingerprint density at radius 3 is 2.00 bits per heavy atom. The van der Waals surface area contributed by atoms with Crippen LogP contribution in [0.4, 0.5) is 11.9 Å². The first kappa shape index (κ1) is 32.0. The molecule has 4 unspecified atom stereocenters. The van der Waals surface area contributed by atoms with Crippen LogP contribution in [0.5, 0.6) is 0 Å². The number of H-pyrrole nitrogens is 2. The van der Waals surface area contributed by atoms with Crippen LogP contribution in [0.3, 0.4) is 0 Å². The van der Waals surface area contributed by atoms with E-state index in [0.29, 0.717) is 0 Å². The number of imidazole rings is 2. The average molecular weight is 702 g/mol. The van der Waals surface area contributed by atoms with E-state index in [4.69, 9.17) is 39.0 Å². The van der Waals surface area contributed by atoms with Gasteiger partial charge in [0.25, 0.3) is 11.1 Å². The number of aromatic amines is 2. The van der Waals surface area contributed by atoms with Crippen molar-refractivity contribution in [3.8, 4) is 0 Å². The average Bonchev–Trinajstić information content (AvgIpc) is 3.73. The largest absolute Gasteiger partial charge is 0.472 e. The van der Waals surface area contributed by atoms with Crippen molar-refractivity contribution >= 4 is 49.9 Å². The lowest BCUT2D eigenvalue weighted by atomic mass is 10.0. The number of rotatable bonds is 2. The Morgan fingerprint density at radius 2 is 1.38 bits per heavy atom. The number of nitrogens with one attached hydrogen (secondary N) is 2. The first-order valence-electron chi connectivity index (χ1n) is 14.0. The number of aliphatic hydroxyl groups excluding tert-OH is 1. The zero-order valence-corrected chi connectivity index (χ0v) is 25.8. The van der Waals surface area contributed by atoms with E-state index in [1.165, 1.54) is 10.9 Å². The predicted molar refractivity (Wildman–Crippen MR) is 154 cm³/mol. The smallest absolute Gasteiger partial charge is 0.386 e. The SMILES string of the molecule is C[C@H]1C2OP(=O)(O)OC[C@H]3O[C@@H](n4cnc5c(=O)[nH]c(N)nc54)[C@@H](O)C3OP(=O)(O)OCC[C@H]2O[C@H]1n1cnc2c(=O)[nH]c(N)nc21. The highest BCUT2D eigenvalue weighted by Crippen LogP contribution is 2.54. The van der Waals surface area contributed by atoms with Gasteiger partial charge >= 0.3 is 15.6 Å². The highest BCUT2D eigenvalue weighted by Gasteiger charge is 2.52. The fraction of sp³-hybridized carbons (Fsp3) is 0.545. The molecule has 0 amide bonds. The van der Waals surface area contributed by atoms with Crippen LogP contribution in [-0.4, -0.2) is 97.7 Å². The summed E-state index contributed by atoms with van der Waals surface area (Å²) in [6, 6.07) is 0. The lowest BCUT2D eigenvalue weighted by molar-refractivity contribution is -0.0540. The van der Waals surface area contributed by atoms with Gasteiger partial charge in [-0.15, -0.1) is 0 Å². The number of phosphoric ester groups is 2. The molecule has 3 saturated heterocycles. The van der Waals surface area contributed by atoms with Gasteiger partial charge < -0.3 is 35.8 Å². The van der Waals surface area contributed by atoms with Gasteiger partial charge in [-0.05, 0) is 0 Å². The molecule has 3 aliphatic rings. The zero-order valence-electron chi connectivity index (χ0n) is 24.1. The fourth-order valence-electron chi connectivity index (χ4n) is 5.89. The number of anilines is 2. The Bertz CT molecular complexity index is 2070. The van der Waals surface area contributed by atoms with E-state index < -0.39 is 88.9 Å². The van der Waals surface area contributed by atoms with Gasteiger partial charge in [0.05, 0.1) is 32.0 Å².